The third-order valence-corrected chi connectivity index (χ3v) is 5.24. The van der Waals surface area contributed by atoms with E-state index in [-0.39, 0.29) is 5.82 Å². The topological polar surface area (TPSA) is 12.0 Å². The number of fused-ring (bicyclic) bond motifs is 1. The van der Waals surface area contributed by atoms with Crippen LogP contribution in [-0.2, 0) is 6.42 Å². The summed E-state index contributed by atoms with van der Waals surface area (Å²) in [5.41, 5.74) is 2.43. The lowest BCUT2D eigenvalue weighted by Gasteiger charge is -2.24. The molecule has 1 aromatic carbocycles. The minimum absolute atomic E-state index is 0.185. The monoisotopic (exact) mass is 373 g/mol. The number of halogens is 2. The van der Waals surface area contributed by atoms with E-state index in [0.717, 1.165) is 12.1 Å². The summed E-state index contributed by atoms with van der Waals surface area (Å²) >= 11 is 4.28. The number of aryl methyl sites for hydroxylation is 1. The molecule has 1 aromatic heterocycles. The van der Waals surface area contributed by atoms with Crippen LogP contribution in [0.15, 0.2) is 30.3 Å². The van der Waals surface area contributed by atoms with Crippen molar-refractivity contribution < 1.29 is 4.39 Å². The minimum atomic E-state index is -0.185. The number of hydrogen-bond donors (Lipinski definition) is 1. The van der Waals surface area contributed by atoms with Gasteiger partial charge in [0.25, 0.3) is 0 Å². The Kier molecular flexibility index (Phi) is 3.56. The highest BCUT2D eigenvalue weighted by molar-refractivity contribution is 14.1. The van der Waals surface area contributed by atoms with E-state index in [2.05, 4.69) is 34.0 Å². The summed E-state index contributed by atoms with van der Waals surface area (Å²) in [6, 6.07) is 9.27. The molecule has 0 spiro atoms. The van der Waals surface area contributed by atoms with E-state index in [0.29, 0.717) is 6.04 Å². The zero-order valence-corrected chi connectivity index (χ0v) is 12.7. The van der Waals surface area contributed by atoms with Crippen LogP contribution >= 0.6 is 33.9 Å². The lowest BCUT2D eigenvalue weighted by atomic mass is 9.94. The Morgan fingerprint density at radius 2 is 2.06 bits per heavy atom. The lowest BCUT2D eigenvalue weighted by molar-refractivity contribution is 0.607. The van der Waals surface area contributed by atoms with E-state index in [1.807, 2.05) is 11.3 Å². The molecule has 1 aliphatic rings. The van der Waals surface area contributed by atoms with Crippen LogP contribution in [0.25, 0.3) is 0 Å². The van der Waals surface area contributed by atoms with E-state index >= 15 is 0 Å². The first kappa shape index (κ1) is 12.4. The molecule has 18 heavy (non-hydrogen) atoms. The summed E-state index contributed by atoms with van der Waals surface area (Å²) in [5.74, 6) is -0.185. The Balaban J connectivity index is 1.83. The van der Waals surface area contributed by atoms with Gasteiger partial charge in [-0.2, -0.15) is 0 Å². The Morgan fingerprint density at radius 3 is 2.83 bits per heavy atom. The number of rotatable bonds is 2. The molecule has 0 aliphatic heterocycles. The van der Waals surface area contributed by atoms with Gasteiger partial charge in [0, 0.05) is 10.6 Å². The SMILES string of the molecule is Fc1ccc(NC2CCCc3sc(I)cc32)cc1. The number of hydrogen-bond acceptors (Lipinski definition) is 2. The van der Waals surface area contributed by atoms with Crippen molar-refractivity contribution in [2.24, 2.45) is 0 Å². The molecule has 0 fully saturated rings. The Hall–Kier alpha value is -0.620. The molecule has 0 amide bonds. The summed E-state index contributed by atoms with van der Waals surface area (Å²) in [4.78, 5) is 1.50. The summed E-state index contributed by atoms with van der Waals surface area (Å²) in [6.07, 6.45) is 3.57. The number of anilines is 1. The van der Waals surface area contributed by atoms with Gasteiger partial charge in [0.1, 0.15) is 5.82 Å². The molecule has 1 heterocycles. The molecule has 0 saturated carbocycles. The second kappa shape index (κ2) is 5.17. The van der Waals surface area contributed by atoms with Crippen LogP contribution < -0.4 is 5.32 Å². The molecule has 0 saturated heterocycles. The zero-order valence-electron chi connectivity index (χ0n) is 9.75. The molecule has 94 valence electrons. The zero-order chi connectivity index (χ0) is 12.5. The third-order valence-electron chi connectivity index (χ3n) is 3.27. The van der Waals surface area contributed by atoms with Gasteiger partial charge in [0.2, 0.25) is 0 Å². The lowest BCUT2D eigenvalue weighted by Crippen LogP contribution is -2.15. The summed E-state index contributed by atoms with van der Waals surface area (Å²) in [5, 5.41) is 3.51. The summed E-state index contributed by atoms with van der Waals surface area (Å²) in [7, 11) is 0. The molecule has 1 atom stereocenters. The molecule has 1 N–H and O–H groups in total. The van der Waals surface area contributed by atoms with Crippen molar-refractivity contribution in [2.75, 3.05) is 5.32 Å². The van der Waals surface area contributed by atoms with Gasteiger partial charge < -0.3 is 5.32 Å². The predicted molar refractivity (Wildman–Crippen MR) is 82.7 cm³/mol. The van der Waals surface area contributed by atoms with Crippen molar-refractivity contribution in [2.45, 2.75) is 25.3 Å². The van der Waals surface area contributed by atoms with Crippen LogP contribution in [0.1, 0.15) is 29.3 Å². The quantitative estimate of drug-likeness (QED) is 0.732. The van der Waals surface area contributed by atoms with Gasteiger partial charge in [0.15, 0.2) is 0 Å². The molecule has 4 heteroatoms. The highest BCUT2D eigenvalue weighted by Gasteiger charge is 2.22. The Bertz CT molecular complexity index is 549. The van der Waals surface area contributed by atoms with Gasteiger partial charge in [-0.15, -0.1) is 11.3 Å². The van der Waals surface area contributed by atoms with Crippen molar-refractivity contribution in [1.82, 2.24) is 0 Å². The molecule has 0 bridgehead atoms. The highest BCUT2D eigenvalue weighted by atomic mass is 127. The fourth-order valence-electron chi connectivity index (χ4n) is 2.42. The molecule has 1 nitrogen and oxygen atoms in total. The van der Waals surface area contributed by atoms with Gasteiger partial charge in [-0.1, -0.05) is 0 Å². The van der Waals surface area contributed by atoms with Crippen molar-refractivity contribution >= 4 is 39.6 Å². The third kappa shape index (κ3) is 2.54. The van der Waals surface area contributed by atoms with E-state index in [9.17, 15) is 4.39 Å². The molecule has 1 unspecified atom stereocenters. The van der Waals surface area contributed by atoms with Crippen molar-refractivity contribution in [3.05, 3.63) is 49.5 Å². The molecular formula is C14H13FINS. The van der Waals surface area contributed by atoms with Crippen molar-refractivity contribution in [3.63, 3.8) is 0 Å². The maximum Gasteiger partial charge on any atom is 0.123 e. The highest BCUT2D eigenvalue weighted by Crippen LogP contribution is 2.37. The van der Waals surface area contributed by atoms with Crippen LogP contribution in [0.5, 0.6) is 0 Å². The van der Waals surface area contributed by atoms with Gasteiger partial charge in [-0.25, -0.2) is 4.39 Å². The largest absolute Gasteiger partial charge is 0.378 e. The van der Waals surface area contributed by atoms with Crippen LogP contribution in [-0.4, -0.2) is 0 Å². The van der Waals surface area contributed by atoms with E-state index in [4.69, 9.17) is 0 Å². The Morgan fingerprint density at radius 1 is 1.28 bits per heavy atom. The van der Waals surface area contributed by atoms with Crippen LogP contribution in [0.4, 0.5) is 10.1 Å². The maximum absolute atomic E-state index is 12.9. The van der Waals surface area contributed by atoms with Crippen LogP contribution in [0.2, 0.25) is 0 Å². The van der Waals surface area contributed by atoms with Gasteiger partial charge in [-0.3, -0.25) is 0 Å². The van der Waals surface area contributed by atoms with Crippen LogP contribution in [0.3, 0.4) is 0 Å². The fourth-order valence-corrected chi connectivity index (χ4v) is 4.54. The maximum atomic E-state index is 12.9. The average molecular weight is 373 g/mol. The summed E-state index contributed by atoms with van der Waals surface area (Å²) < 4.78 is 14.2. The Labute approximate surface area is 124 Å². The van der Waals surface area contributed by atoms with E-state index in [1.165, 1.54) is 38.3 Å². The van der Waals surface area contributed by atoms with Crippen LogP contribution in [0, 0.1) is 8.70 Å². The fraction of sp³-hybridized carbons (Fsp3) is 0.286. The minimum Gasteiger partial charge on any atom is -0.378 e. The molecular weight excluding hydrogens is 360 g/mol. The first-order chi connectivity index (χ1) is 8.72. The first-order valence-corrected chi connectivity index (χ1v) is 7.92. The number of benzene rings is 1. The van der Waals surface area contributed by atoms with Gasteiger partial charge in [0.05, 0.1) is 8.93 Å². The van der Waals surface area contributed by atoms with Gasteiger partial charge >= 0.3 is 0 Å². The van der Waals surface area contributed by atoms with E-state index < -0.39 is 0 Å². The molecule has 0 radical (unpaired) electrons. The smallest absolute Gasteiger partial charge is 0.123 e. The second-order valence-electron chi connectivity index (χ2n) is 4.53. The average Bonchev–Trinajstić information content (AvgIpc) is 2.73. The number of nitrogens with one attached hydrogen (secondary N) is 1. The molecule has 3 rings (SSSR count). The molecule has 2 aromatic rings. The normalized spacial score (nSPS) is 18.4. The van der Waals surface area contributed by atoms with Crippen molar-refractivity contribution in [1.29, 1.82) is 0 Å². The first-order valence-electron chi connectivity index (χ1n) is 6.02. The summed E-state index contributed by atoms with van der Waals surface area (Å²) in [6.45, 7) is 0. The molecule has 1 aliphatic carbocycles. The second-order valence-corrected chi connectivity index (χ2v) is 7.56. The van der Waals surface area contributed by atoms with E-state index in [1.54, 1.807) is 12.1 Å². The predicted octanol–water partition coefficient (Wildman–Crippen LogP) is 4.98. The number of thiophene rings is 1. The van der Waals surface area contributed by atoms with Gasteiger partial charge in [-0.05, 0) is 77.7 Å². The van der Waals surface area contributed by atoms with Crippen molar-refractivity contribution in [3.8, 4) is 0 Å². The standard InChI is InChI=1S/C14H13FINS/c15-9-4-6-10(7-5-9)17-12-2-1-3-13-11(12)8-14(16)18-13/h4-8,12,17H,1-3H2.